The van der Waals surface area contributed by atoms with Crippen molar-refractivity contribution in [2.75, 3.05) is 0 Å². The summed E-state index contributed by atoms with van der Waals surface area (Å²) in [7, 11) is 0. The SMILES string of the molecule is CC(C)(C)c1cc(-c2nccc3c2oc2c4c(ccc23)C(C)(C)CC4(C)C)[c-]c2ccccc12.CCC(CC)C(=O)/C=C(\O)C(CC)CC.[Ir]. The Balaban J connectivity index is 0.000000301. The Bertz CT molecular complexity index is 2020. The third kappa shape index (κ3) is 7.51. The molecule has 6 rings (SSSR count). The van der Waals surface area contributed by atoms with Gasteiger partial charge in [0.15, 0.2) is 5.78 Å². The number of aliphatic hydroxyl groups is 1. The van der Waals surface area contributed by atoms with E-state index in [1.54, 1.807) is 0 Å². The van der Waals surface area contributed by atoms with Crippen LogP contribution >= 0.6 is 0 Å². The van der Waals surface area contributed by atoms with Gasteiger partial charge in [0.2, 0.25) is 0 Å². The predicted octanol–water partition coefficient (Wildman–Crippen LogP) is 12.7. The van der Waals surface area contributed by atoms with E-state index in [-0.39, 0.29) is 59.7 Å². The maximum absolute atomic E-state index is 11.7. The number of fused-ring (bicyclic) bond motifs is 6. The van der Waals surface area contributed by atoms with E-state index in [4.69, 9.17) is 9.40 Å². The zero-order valence-electron chi connectivity index (χ0n) is 32.0. The number of carbonyl (C=O) groups is 1. The summed E-state index contributed by atoms with van der Waals surface area (Å²) in [6, 6.07) is 21.1. The summed E-state index contributed by atoms with van der Waals surface area (Å²) >= 11 is 0. The average molecular weight is 851 g/mol. The molecular weight excluding hydrogens is 795 g/mol. The molecule has 5 aromatic rings. The molecule has 50 heavy (non-hydrogen) atoms. The van der Waals surface area contributed by atoms with Crippen molar-refractivity contribution in [3.63, 3.8) is 0 Å². The molecular formula is C45H56IrNO3-. The van der Waals surface area contributed by atoms with Gasteiger partial charge in [-0.25, -0.2) is 0 Å². The third-order valence-corrected chi connectivity index (χ3v) is 10.8. The molecule has 0 unspecified atom stereocenters. The second-order valence-electron chi connectivity index (χ2n) is 16.3. The van der Waals surface area contributed by atoms with Crippen LogP contribution in [0.4, 0.5) is 0 Å². The van der Waals surface area contributed by atoms with E-state index in [0.717, 1.165) is 65.3 Å². The van der Waals surface area contributed by atoms with Crippen LogP contribution < -0.4 is 0 Å². The fraction of sp³-hybridized carbons (Fsp3) is 0.467. The molecule has 0 spiro atoms. The molecule has 0 atom stereocenters. The smallest absolute Gasteiger partial charge is 0.162 e. The monoisotopic (exact) mass is 851 g/mol. The van der Waals surface area contributed by atoms with Crippen LogP contribution in [0.5, 0.6) is 0 Å². The number of allylic oxidation sites excluding steroid dienone is 2. The van der Waals surface area contributed by atoms with Gasteiger partial charge in [-0.15, -0.1) is 29.1 Å². The van der Waals surface area contributed by atoms with Crippen LogP contribution in [0.25, 0.3) is 44.0 Å². The Morgan fingerprint density at radius 2 is 1.50 bits per heavy atom. The predicted molar refractivity (Wildman–Crippen MR) is 207 cm³/mol. The molecule has 2 heterocycles. The van der Waals surface area contributed by atoms with Crippen LogP contribution in [0.15, 0.2) is 71.0 Å². The zero-order chi connectivity index (χ0) is 35.9. The van der Waals surface area contributed by atoms with E-state index in [9.17, 15) is 9.90 Å². The van der Waals surface area contributed by atoms with Crippen molar-refractivity contribution < 1.29 is 34.4 Å². The van der Waals surface area contributed by atoms with Crippen LogP contribution in [0, 0.1) is 17.9 Å². The fourth-order valence-electron chi connectivity index (χ4n) is 8.24. The summed E-state index contributed by atoms with van der Waals surface area (Å²) < 4.78 is 6.76. The topological polar surface area (TPSA) is 63.3 Å². The number of ketones is 1. The molecule has 3 aromatic carbocycles. The van der Waals surface area contributed by atoms with E-state index in [1.807, 2.05) is 33.9 Å². The average Bonchev–Trinajstić information content (AvgIpc) is 3.51. The number of hydrogen-bond donors (Lipinski definition) is 1. The first-order valence-corrected chi connectivity index (χ1v) is 18.3. The largest absolute Gasteiger partial charge is 0.512 e. The molecule has 0 amide bonds. The minimum Gasteiger partial charge on any atom is -0.512 e. The zero-order valence-corrected chi connectivity index (χ0v) is 34.4. The van der Waals surface area contributed by atoms with Gasteiger partial charge in [0.05, 0.1) is 5.76 Å². The van der Waals surface area contributed by atoms with Gasteiger partial charge in [-0.3, -0.25) is 9.78 Å². The first-order valence-electron chi connectivity index (χ1n) is 18.3. The number of pyridine rings is 1. The molecule has 0 saturated carbocycles. The molecule has 269 valence electrons. The Morgan fingerprint density at radius 3 is 2.12 bits per heavy atom. The standard InChI is InChI=1S/C32H32NO.C13H24O2.Ir/c1-30(2,3)25-17-20(16-19-10-8-9-11-21(19)25)27-29-23(14-15-33-27)22-12-13-24-26(28(22)34-29)32(6,7)18-31(24,4)5;1-5-10(6-2)12(14)9-13(15)11(7-3)8-4;/h8-15,17H,18H2,1-7H3;9-11,14H,5-8H2,1-4H3;/q-1;;/b;12-9-;. The molecule has 0 aliphatic heterocycles. The first-order chi connectivity index (χ1) is 23.1. The second kappa shape index (κ2) is 15.1. The number of rotatable bonds is 8. The molecule has 1 aliphatic carbocycles. The number of benzene rings is 3. The van der Waals surface area contributed by atoms with Crippen LogP contribution in [-0.4, -0.2) is 15.9 Å². The number of nitrogens with zero attached hydrogens (tertiary/aromatic N) is 1. The van der Waals surface area contributed by atoms with Gasteiger partial charge in [0.25, 0.3) is 0 Å². The van der Waals surface area contributed by atoms with Gasteiger partial charge in [-0.05, 0) is 60.0 Å². The maximum atomic E-state index is 11.7. The summed E-state index contributed by atoms with van der Waals surface area (Å²) in [6.45, 7) is 24.3. The van der Waals surface area contributed by atoms with Crippen molar-refractivity contribution >= 4 is 38.5 Å². The molecule has 0 fully saturated rings. The molecule has 5 heteroatoms. The van der Waals surface area contributed by atoms with Gasteiger partial charge in [-0.1, -0.05) is 117 Å². The van der Waals surface area contributed by atoms with Crippen molar-refractivity contribution in [2.45, 2.75) is 125 Å². The van der Waals surface area contributed by atoms with E-state index >= 15 is 0 Å². The van der Waals surface area contributed by atoms with Crippen LogP contribution in [0.2, 0.25) is 0 Å². The molecule has 1 aliphatic rings. The Morgan fingerprint density at radius 1 is 0.880 bits per heavy atom. The van der Waals surface area contributed by atoms with Crippen molar-refractivity contribution in [2.24, 2.45) is 11.8 Å². The van der Waals surface area contributed by atoms with E-state index in [2.05, 4.69) is 103 Å². The summed E-state index contributed by atoms with van der Waals surface area (Å²) in [5, 5.41) is 14.4. The van der Waals surface area contributed by atoms with Crippen LogP contribution in [0.1, 0.15) is 125 Å². The maximum Gasteiger partial charge on any atom is 0.162 e. The van der Waals surface area contributed by atoms with Gasteiger partial charge in [-0.2, -0.15) is 0 Å². The molecule has 4 nitrogen and oxygen atoms in total. The summed E-state index contributed by atoms with van der Waals surface area (Å²) in [4.78, 5) is 16.6. The first kappa shape index (κ1) is 39.5. The van der Waals surface area contributed by atoms with Crippen LogP contribution in [0.3, 0.4) is 0 Å². The molecule has 0 saturated heterocycles. The number of hydrogen-bond acceptors (Lipinski definition) is 4. The Hall–Kier alpha value is -3.27. The van der Waals surface area contributed by atoms with Gasteiger partial charge in [0.1, 0.15) is 11.2 Å². The van der Waals surface area contributed by atoms with Gasteiger partial charge < -0.3 is 9.52 Å². The number of aromatic nitrogens is 1. The molecule has 1 radical (unpaired) electrons. The van der Waals surface area contributed by atoms with Crippen molar-refractivity contribution in [1.29, 1.82) is 0 Å². The van der Waals surface area contributed by atoms with Gasteiger partial charge in [0, 0.05) is 66.2 Å². The number of aliphatic hydroxyl groups excluding tert-OH is 1. The van der Waals surface area contributed by atoms with Crippen LogP contribution in [-0.2, 0) is 41.1 Å². The van der Waals surface area contributed by atoms with E-state index in [1.165, 1.54) is 33.5 Å². The summed E-state index contributed by atoms with van der Waals surface area (Å²) in [5.74, 6) is 0.547. The fourth-order valence-corrected chi connectivity index (χ4v) is 8.24. The second-order valence-corrected chi connectivity index (χ2v) is 16.3. The molecule has 2 aromatic heterocycles. The van der Waals surface area contributed by atoms with Crippen molar-refractivity contribution in [1.82, 2.24) is 4.98 Å². The minimum atomic E-state index is 0. The number of carbonyl (C=O) groups excluding carboxylic acids is 1. The minimum absolute atomic E-state index is 0. The molecule has 1 N–H and O–H groups in total. The molecule has 0 bridgehead atoms. The van der Waals surface area contributed by atoms with Crippen molar-refractivity contribution in [3.05, 3.63) is 89.3 Å². The Kier molecular flexibility index (Phi) is 12.0. The quantitative estimate of drug-likeness (QED) is 0.0960. The van der Waals surface area contributed by atoms with E-state index in [0.29, 0.717) is 0 Å². The third-order valence-electron chi connectivity index (χ3n) is 10.8. The number of furan rings is 1. The summed E-state index contributed by atoms with van der Waals surface area (Å²) in [5.41, 5.74) is 8.01. The van der Waals surface area contributed by atoms with Gasteiger partial charge >= 0.3 is 0 Å². The normalized spacial score (nSPS) is 15.3. The van der Waals surface area contributed by atoms with Crippen molar-refractivity contribution in [3.8, 4) is 11.3 Å². The summed E-state index contributed by atoms with van der Waals surface area (Å²) in [6.07, 6.45) is 7.93. The van der Waals surface area contributed by atoms with E-state index < -0.39 is 0 Å². The Labute approximate surface area is 313 Å².